The van der Waals surface area contributed by atoms with Gasteiger partial charge in [0.2, 0.25) is 0 Å². The lowest BCUT2D eigenvalue weighted by Gasteiger charge is -2.32. The second-order valence-corrected chi connectivity index (χ2v) is 3.84. The van der Waals surface area contributed by atoms with E-state index in [1.54, 1.807) is 0 Å². The van der Waals surface area contributed by atoms with Gasteiger partial charge in [-0.2, -0.15) is 0 Å². The van der Waals surface area contributed by atoms with Gasteiger partial charge in [0.15, 0.2) is 0 Å². The van der Waals surface area contributed by atoms with Crippen LogP contribution in [0, 0.1) is 5.41 Å². The number of fused-ring (bicyclic) bond motifs is 1. The summed E-state index contributed by atoms with van der Waals surface area (Å²) in [5.74, 6) is 0.422. The quantitative estimate of drug-likeness (QED) is 0.529. The fourth-order valence-electron chi connectivity index (χ4n) is 2.21. The summed E-state index contributed by atoms with van der Waals surface area (Å²) < 4.78 is 5.51. The van der Waals surface area contributed by atoms with Crippen LogP contribution in [0.4, 0.5) is 0 Å². The second-order valence-electron chi connectivity index (χ2n) is 3.84. The van der Waals surface area contributed by atoms with Gasteiger partial charge < -0.3 is 4.74 Å². The molecule has 0 amide bonds. The highest BCUT2D eigenvalue weighted by Gasteiger charge is 2.47. The summed E-state index contributed by atoms with van der Waals surface area (Å²) in [7, 11) is 0. The van der Waals surface area contributed by atoms with Gasteiger partial charge in [-0.3, -0.25) is 4.79 Å². The molecule has 2 aliphatic rings. The molecule has 0 N–H and O–H groups in total. The van der Waals surface area contributed by atoms with Crippen molar-refractivity contribution in [2.45, 2.75) is 38.7 Å². The molecule has 0 bridgehead atoms. The van der Waals surface area contributed by atoms with Crippen LogP contribution in [-0.2, 0) is 9.53 Å². The first-order chi connectivity index (χ1) is 5.23. The zero-order chi connectivity index (χ0) is 7.90. The van der Waals surface area contributed by atoms with Crippen molar-refractivity contribution in [1.29, 1.82) is 0 Å². The Balaban J connectivity index is 2.24. The Morgan fingerprint density at radius 2 is 2.45 bits per heavy atom. The van der Waals surface area contributed by atoms with E-state index in [9.17, 15) is 4.79 Å². The minimum Gasteiger partial charge on any atom is -0.377 e. The van der Waals surface area contributed by atoms with E-state index in [-0.39, 0.29) is 11.5 Å². The zero-order valence-electron chi connectivity index (χ0n) is 6.93. The van der Waals surface area contributed by atoms with Crippen molar-refractivity contribution in [1.82, 2.24) is 0 Å². The largest absolute Gasteiger partial charge is 0.377 e. The zero-order valence-corrected chi connectivity index (χ0v) is 6.93. The molecule has 0 spiro atoms. The monoisotopic (exact) mass is 154 g/mol. The van der Waals surface area contributed by atoms with Gasteiger partial charge in [0.1, 0.15) is 5.78 Å². The first kappa shape index (κ1) is 7.29. The average molecular weight is 154 g/mol. The molecule has 0 aromatic heterocycles. The lowest BCUT2D eigenvalue weighted by Crippen LogP contribution is -2.39. The van der Waals surface area contributed by atoms with Crippen LogP contribution in [0.15, 0.2) is 0 Å². The Kier molecular flexibility index (Phi) is 1.53. The summed E-state index contributed by atoms with van der Waals surface area (Å²) in [5, 5.41) is 0. The Labute approximate surface area is 66.9 Å². The maximum absolute atomic E-state index is 11.5. The highest BCUT2D eigenvalue weighted by molar-refractivity contribution is 5.86. The molecule has 62 valence electrons. The fourth-order valence-corrected chi connectivity index (χ4v) is 2.21. The third-order valence-electron chi connectivity index (χ3n) is 3.16. The van der Waals surface area contributed by atoms with Gasteiger partial charge in [0.05, 0.1) is 11.5 Å². The topological polar surface area (TPSA) is 26.3 Å². The number of rotatable bonds is 0. The van der Waals surface area contributed by atoms with Crippen LogP contribution >= 0.6 is 0 Å². The van der Waals surface area contributed by atoms with Gasteiger partial charge in [0.25, 0.3) is 0 Å². The van der Waals surface area contributed by atoms with Crippen molar-refractivity contribution in [2.75, 3.05) is 6.61 Å². The molecule has 1 saturated carbocycles. The van der Waals surface area contributed by atoms with Crippen LogP contribution in [0.2, 0.25) is 0 Å². The lowest BCUT2D eigenvalue weighted by atomic mass is 9.72. The third-order valence-corrected chi connectivity index (χ3v) is 3.16. The summed E-state index contributed by atoms with van der Waals surface area (Å²) in [6.45, 7) is 2.85. The standard InChI is InChI=1S/C9H14O2/c1-9-5-6-11-8(9)4-2-3-7(9)10/h8H,2-6H2,1H3/t8-,9+/m0/s1. The van der Waals surface area contributed by atoms with Crippen molar-refractivity contribution in [3.63, 3.8) is 0 Å². The van der Waals surface area contributed by atoms with E-state index in [0.717, 1.165) is 32.3 Å². The number of ether oxygens (including phenoxy) is 1. The van der Waals surface area contributed by atoms with Crippen LogP contribution in [0.3, 0.4) is 0 Å². The average Bonchev–Trinajstić information content (AvgIpc) is 2.34. The molecule has 0 aromatic carbocycles. The van der Waals surface area contributed by atoms with Crippen molar-refractivity contribution >= 4 is 5.78 Å². The molecule has 1 aliphatic carbocycles. The van der Waals surface area contributed by atoms with E-state index in [4.69, 9.17) is 4.74 Å². The highest BCUT2D eigenvalue weighted by Crippen LogP contribution is 2.42. The Bertz CT molecular complexity index is 188. The van der Waals surface area contributed by atoms with Crippen molar-refractivity contribution in [3.05, 3.63) is 0 Å². The molecule has 2 nitrogen and oxygen atoms in total. The lowest BCUT2D eigenvalue weighted by molar-refractivity contribution is -0.134. The first-order valence-corrected chi connectivity index (χ1v) is 4.38. The second kappa shape index (κ2) is 2.31. The molecule has 2 atom stereocenters. The van der Waals surface area contributed by atoms with Crippen LogP contribution < -0.4 is 0 Å². The van der Waals surface area contributed by atoms with Crippen LogP contribution in [-0.4, -0.2) is 18.5 Å². The minimum absolute atomic E-state index is 0.113. The molecule has 1 saturated heterocycles. The van der Waals surface area contributed by atoms with Gasteiger partial charge in [-0.05, 0) is 19.3 Å². The van der Waals surface area contributed by atoms with E-state index in [1.807, 2.05) is 0 Å². The summed E-state index contributed by atoms with van der Waals surface area (Å²) in [4.78, 5) is 11.5. The summed E-state index contributed by atoms with van der Waals surface area (Å²) in [6, 6.07) is 0. The smallest absolute Gasteiger partial charge is 0.141 e. The molecule has 2 rings (SSSR count). The van der Waals surface area contributed by atoms with Gasteiger partial charge in [-0.1, -0.05) is 6.92 Å². The molecule has 2 fully saturated rings. The Morgan fingerprint density at radius 3 is 3.18 bits per heavy atom. The maximum atomic E-state index is 11.5. The number of carbonyl (C=O) groups excluding carboxylic acids is 1. The van der Waals surface area contributed by atoms with Gasteiger partial charge >= 0.3 is 0 Å². The molecule has 2 heteroatoms. The predicted octanol–water partition coefficient (Wildman–Crippen LogP) is 1.53. The molecule has 1 heterocycles. The minimum atomic E-state index is -0.113. The number of hydrogen-bond acceptors (Lipinski definition) is 2. The van der Waals surface area contributed by atoms with Crippen molar-refractivity contribution in [2.24, 2.45) is 5.41 Å². The summed E-state index contributed by atoms with van der Waals surface area (Å²) in [5.41, 5.74) is -0.113. The van der Waals surface area contributed by atoms with E-state index in [2.05, 4.69) is 6.92 Å². The molecule has 1 aliphatic heterocycles. The molecule has 0 radical (unpaired) electrons. The van der Waals surface area contributed by atoms with E-state index < -0.39 is 0 Å². The van der Waals surface area contributed by atoms with Crippen LogP contribution in [0.1, 0.15) is 32.6 Å². The summed E-state index contributed by atoms with van der Waals surface area (Å²) >= 11 is 0. The highest BCUT2D eigenvalue weighted by atomic mass is 16.5. The molecular weight excluding hydrogens is 140 g/mol. The molecule has 0 aromatic rings. The van der Waals surface area contributed by atoms with E-state index >= 15 is 0 Å². The molecule has 0 unspecified atom stereocenters. The number of hydrogen-bond donors (Lipinski definition) is 0. The first-order valence-electron chi connectivity index (χ1n) is 4.38. The van der Waals surface area contributed by atoms with Crippen LogP contribution in [0.25, 0.3) is 0 Å². The van der Waals surface area contributed by atoms with Crippen molar-refractivity contribution in [3.8, 4) is 0 Å². The third kappa shape index (κ3) is 0.924. The predicted molar refractivity (Wildman–Crippen MR) is 41.3 cm³/mol. The van der Waals surface area contributed by atoms with E-state index in [0.29, 0.717) is 5.78 Å². The SMILES string of the molecule is C[C@]12CCO[C@H]1CCCC2=O. The molecule has 11 heavy (non-hydrogen) atoms. The van der Waals surface area contributed by atoms with E-state index in [1.165, 1.54) is 0 Å². The van der Waals surface area contributed by atoms with Crippen LogP contribution in [0.5, 0.6) is 0 Å². The normalized spacial score (nSPS) is 44.1. The fraction of sp³-hybridized carbons (Fsp3) is 0.889. The number of carbonyl (C=O) groups is 1. The van der Waals surface area contributed by atoms with Gasteiger partial charge in [0, 0.05) is 13.0 Å². The Hall–Kier alpha value is -0.370. The Morgan fingerprint density at radius 1 is 1.64 bits per heavy atom. The number of ketones is 1. The summed E-state index contributed by atoms with van der Waals surface area (Å²) in [6.07, 6.45) is 4.07. The molecular formula is C9H14O2. The number of Topliss-reactive ketones (excluding diaryl/α,β-unsaturated/α-hetero) is 1. The maximum Gasteiger partial charge on any atom is 0.141 e. The van der Waals surface area contributed by atoms with Gasteiger partial charge in [-0.15, -0.1) is 0 Å². The van der Waals surface area contributed by atoms with Crippen molar-refractivity contribution < 1.29 is 9.53 Å². The van der Waals surface area contributed by atoms with Gasteiger partial charge in [-0.25, -0.2) is 0 Å².